The van der Waals surface area contributed by atoms with Gasteiger partial charge in [-0.1, -0.05) is 0 Å². The molecule has 2 amide bonds. The number of aromatic nitrogens is 5. The molecule has 36 heavy (non-hydrogen) atoms. The Labute approximate surface area is 206 Å². The molecule has 0 atom stereocenters. The first-order valence-corrected chi connectivity index (χ1v) is 11.1. The SMILES string of the molecule is Cc1cc(NC(=O)Nc2ccc(Oc3ccnc(-c4cn[nH]c4)c3)cc2F)cc(-n2cnc(C)c2)c1. The summed E-state index contributed by atoms with van der Waals surface area (Å²) in [6, 6.07) is 12.7. The second-order valence-corrected chi connectivity index (χ2v) is 8.17. The van der Waals surface area contributed by atoms with Gasteiger partial charge >= 0.3 is 6.03 Å². The Hall–Kier alpha value is -4.99. The summed E-state index contributed by atoms with van der Waals surface area (Å²) >= 11 is 0. The number of carbonyl (C=O) groups excluding carboxylic acids is 1. The number of imidazole rings is 1. The Morgan fingerprint density at radius 1 is 1.03 bits per heavy atom. The monoisotopic (exact) mass is 483 g/mol. The molecule has 0 aliphatic rings. The highest BCUT2D eigenvalue weighted by atomic mass is 19.1. The third kappa shape index (κ3) is 5.22. The average Bonchev–Trinajstić information content (AvgIpc) is 3.53. The second kappa shape index (κ2) is 9.71. The highest BCUT2D eigenvalue weighted by molar-refractivity contribution is 6.00. The molecule has 0 fully saturated rings. The van der Waals surface area contributed by atoms with Crippen molar-refractivity contribution in [2.75, 3.05) is 10.6 Å². The lowest BCUT2D eigenvalue weighted by Crippen LogP contribution is -2.20. The van der Waals surface area contributed by atoms with Crippen molar-refractivity contribution in [1.82, 2.24) is 24.7 Å². The zero-order chi connectivity index (χ0) is 25.1. The second-order valence-electron chi connectivity index (χ2n) is 8.17. The van der Waals surface area contributed by atoms with Crippen LogP contribution in [0.3, 0.4) is 0 Å². The summed E-state index contributed by atoms with van der Waals surface area (Å²) in [7, 11) is 0. The van der Waals surface area contributed by atoms with Gasteiger partial charge in [0, 0.05) is 47.7 Å². The maximum absolute atomic E-state index is 14.7. The number of benzene rings is 2. The van der Waals surface area contributed by atoms with Gasteiger partial charge in [0.05, 0.1) is 29.6 Å². The molecule has 180 valence electrons. The van der Waals surface area contributed by atoms with Crippen LogP contribution in [0.5, 0.6) is 11.5 Å². The molecule has 0 unspecified atom stereocenters. The van der Waals surface area contributed by atoms with Gasteiger partial charge in [-0.05, 0) is 55.8 Å². The molecular weight excluding hydrogens is 461 g/mol. The van der Waals surface area contributed by atoms with E-state index in [2.05, 4.69) is 30.8 Å². The number of carbonyl (C=O) groups is 1. The van der Waals surface area contributed by atoms with Crippen molar-refractivity contribution in [3.05, 3.63) is 96.7 Å². The molecule has 0 aliphatic carbocycles. The molecular formula is C26H22FN7O2. The van der Waals surface area contributed by atoms with Gasteiger partial charge in [-0.3, -0.25) is 10.1 Å². The predicted molar refractivity (Wildman–Crippen MR) is 134 cm³/mol. The van der Waals surface area contributed by atoms with Gasteiger partial charge in [0.2, 0.25) is 0 Å². The maximum Gasteiger partial charge on any atom is 0.323 e. The third-order valence-electron chi connectivity index (χ3n) is 5.28. The van der Waals surface area contributed by atoms with Gasteiger partial charge in [0.25, 0.3) is 0 Å². The number of H-pyrrole nitrogens is 1. The largest absolute Gasteiger partial charge is 0.457 e. The number of nitrogens with one attached hydrogen (secondary N) is 3. The Morgan fingerprint density at radius 3 is 2.64 bits per heavy atom. The molecule has 9 nitrogen and oxygen atoms in total. The van der Waals surface area contributed by atoms with Crippen LogP contribution in [0, 0.1) is 19.7 Å². The van der Waals surface area contributed by atoms with Gasteiger partial charge in [0.1, 0.15) is 17.3 Å². The smallest absolute Gasteiger partial charge is 0.323 e. The fourth-order valence-corrected chi connectivity index (χ4v) is 3.65. The lowest BCUT2D eigenvalue weighted by atomic mass is 10.2. The minimum atomic E-state index is -0.634. The summed E-state index contributed by atoms with van der Waals surface area (Å²) in [6.45, 7) is 3.83. The number of hydrogen-bond donors (Lipinski definition) is 3. The number of hydrogen-bond acceptors (Lipinski definition) is 5. The van der Waals surface area contributed by atoms with Crippen molar-refractivity contribution in [1.29, 1.82) is 0 Å². The van der Waals surface area contributed by atoms with Crippen LogP contribution in [0.4, 0.5) is 20.6 Å². The highest BCUT2D eigenvalue weighted by Crippen LogP contribution is 2.28. The lowest BCUT2D eigenvalue weighted by molar-refractivity contribution is 0.262. The fraction of sp³-hybridized carbons (Fsp3) is 0.0769. The number of anilines is 2. The first-order chi connectivity index (χ1) is 17.4. The van der Waals surface area contributed by atoms with E-state index >= 15 is 0 Å². The number of halogens is 1. The zero-order valence-electron chi connectivity index (χ0n) is 19.5. The van der Waals surface area contributed by atoms with E-state index < -0.39 is 11.8 Å². The van der Waals surface area contributed by atoms with Crippen LogP contribution in [0.2, 0.25) is 0 Å². The molecule has 0 bridgehead atoms. The van der Waals surface area contributed by atoms with Crippen LogP contribution in [-0.4, -0.2) is 30.8 Å². The predicted octanol–water partition coefficient (Wildman–Crippen LogP) is 5.85. The van der Waals surface area contributed by atoms with Crippen LogP contribution >= 0.6 is 0 Å². The Bertz CT molecular complexity index is 1530. The number of urea groups is 1. The van der Waals surface area contributed by atoms with Crippen LogP contribution in [0.1, 0.15) is 11.3 Å². The summed E-state index contributed by atoms with van der Waals surface area (Å²) in [4.78, 5) is 21.1. The van der Waals surface area contributed by atoms with E-state index in [1.165, 1.54) is 12.1 Å². The molecule has 5 aromatic rings. The van der Waals surface area contributed by atoms with Crippen molar-refractivity contribution in [2.45, 2.75) is 13.8 Å². The Balaban J connectivity index is 1.26. The van der Waals surface area contributed by atoms with E-state index in [4.69, 9.17) is 4.74 Å². The van der Waals surface area contributed by atoms with Crippen molar-refractivity contribution < 1.29 is 13.9 Å². The van der Waals surface area contributed by atoms with Crippen molar-refractivity contribution in [3.8, 4) is 28.4 Å². The lowest BCUT2D eigenvalue weighted by Gasteiger charge is -2.12. The minimum Gasteiger partial charge on any atom is -0.457 e. The van der Waals surface area contributed by atoms with Crippen LogP contribution in [-0.2, 0) is 0 Å². The van der Waals surface area contributed by atoms with E-state index in [9.17, 15) is 9.18 Å². The van der Waals surface area contributed by atoms with Gasteiger partial charge < -0.3 is 19.9 Å². The first kappa shape index (κ1) is 22.8. The Morgan fingerprint density at radius 2 is 1.89 bits per heavy atom. The van der Waals surface area contributed by atoms with Gasteiger partial charge in [-0.15, -0.1) is 0 Å². The molecule has 2 aromatic carbocycles. The molecule has 0 radical (unpaired) electrons. The van der Waals surface area contributed by atoms with Gasteiger partial charge in [-0.2, -0.15) is 5.10 Å². The Kier molecular flexibility index (Phi) is 6.14. The van der Waals surface area contributed by atoms with E-state index in [1.54, 1.807) is 43.1 Å². The molecule has 0 spiro atoms. The van der Waals surface area contributed by atoms with E-state index in [-0.39, 0.29) is 11.4 Å². The van der Waals surface area contributed by atoms with Crippen LogP contribution < -0.4 is 15.4 Å². The van der Waals surface area contributed by atoms with Crippen molar-refractivity contribution in [3.63, 3.8) is 0 Å². The molecule has 0 saturated heterocycles. The normalized spacial score (nSPS) is 10.8. The molecule has 0 saturated carbocycles. The standard InChI is InChI=1S/C26H22FN7O2/c1-16-7-19(9-20(8-16)34-14-17(2)29-15-34)32-26(35)33-24-4-3-21(10-23(24)27)36-22-5-6-28-25(11-22)18-12-30-31-13-18/h3-15H,1-2H3,(H,30,31)(H2,32,33,35). The van der Waals surface area contributed by atoms with Crippen molar-refractivity contribution in [2.24, 2.45) is 0 Å². The number of aryl methyl sites for hydroxylation is 2. The summed E-state index contributed by atoms with van der Waals surface area (Å²) in [5, 5.41) is 11.9. The van der Waals surface area contributed by atoms with Gasteiger partial charge in [-0.25, -0.2) is 14.2 Å². The number of rotatable bonds is 6. The summed E-state index contributed by atoms with van der Waals surface area (Å²) in [5.74, 6) is 0.134. The third-order valence-corrected chi connectivity index (χ3v) is 5.28. The minimum absolute atomic E-state index is 0.0202. The molecule has 3 aromatic heterocycles. The highest BCUT2D eigenvalue weighted by Gasteiger charge is 2.11. The molecule has 0 aliphatic heterocycles. The average molecular weight is 484 g/mol. The number of nitrogens with zero attached hydrogens (tertiary/aromatic N) is 4. The topological polar surface area (TPSA) is 110 Å². The van der Waals surface area contributed by atoms with Crippen LogP contribution in [0.25, 0.3) is 16.9 Å². The van der Waals surface area contributed by atoms with Crippen LogP contribution in [0.15, 0.2) is 79.6 Å². The molecule has 5 rings (SSSR count). The number of pyridine rings is 1. The van der Waals surface area contributed by atoms with E-state index in [0.717, 1.165) is 22.5 Å². The number of amides is 2. The van der Waals surface area contributed by atoms with E-state index in [1.807, 2.05) is 42.8 Å². The van der Waals surface area contributed by atoms with E-state index in [0.29, 0.717) is 17.1 Å². The zero-order valence-corrected chi connectivity index (χ0v) is 19.5. The van der Waals surface area contributed by atoms with Crippen molar-refractivity contribution >= 4 is 17.4 Å². The summed E-state index contributed by atoms with van der Waals surface area (Å²) in [5.41, 5.74) is 4.75. The number of aromatic amines is 1. The first-order valence-electron chi connectivity index (χ1n) is 11.1. The molecule has 10 heteroatoms. The fourth-order valence-electron chi connectivity index (χ4n) is 3.65. The molecule has 3 N–H and O–H groups in total. The summed E-state index contributed by atoms with van der Waals surface area (Å²) in [6.07, 6.45) is 8.55. The quantitative estimate of drug-likeness (QED) is 0.281. The molecule has 3 heterocycles. The summed E-state index contributed by atoms with van der Waals surface area (Å²) < 4.78 is 22.4. The maximum atomic E-state index is 14.7. The van der Waals surface area contributed by atoms with Gasteiger partial charge in [0.15, 0.2) is 0 Å². The number of ether oxygens (including phenoxy) is 1.